The van der Waals surface area contributed by atoms with Gasteiger partial charge in [0, 0.05) is 6.42 Å². The van der Waals surface area contributed by atoms with Gasteiger partial charge in [-0.1, -0.05) is 187 Å². The topological polar surface area (TPSA) is 69.6 Å². The molecule has 0 saturated carbocycles. The summed E-state index contributed by atoms with van der Waals surface area (Å²) in [5, 5.41) is 22.7. The minimum absolute atomic E-state index is 0.0885. The van der Waals surface area contributed by atoms with E-state index < -0.39 is 12.1 Å². The van der Waals surface area contributed by atoms with Crippen LogP contribution in [0, 0.1) is 0 Å². The average molecular weight is 730 g/mol. The SMILES string of the molecule is CC/C=C\C/C=C\C/C=C\C/C=C\C/C=C\C/C=C\C/C=C\C/C=C\C/C=C\CCCCCCCCCC(=O)NC(CO)C(O)/C=C/CCCCCC. The summed E-state index contributed by atoms with van der Waals surface area (Å²) < 4.78 is 0. The number of nitrogens with one attached hydrogen (secondary N) is 1. The average Bonchev–Trinajstić information content (AvgIpc) is 3.16. The largest absolute Gasteiger partial charge is 0.394 e. The van der Waals surface area contributed by atoms with Gasteiger partial charge in [0.2, 0.25) is 5.91 Å². The molecule has 2 atom stereocenters. The van der Waals surface area contributed by atoms with E-state index >= 15 is 0 Å². The molecule has 53 heavy (non-hydrogen) atoms. The zero-order chi connectivity index (χ0) is 38.6. The lowest BCUT2D eigenvalue weighted by Gasteiger charge is -2.20. The summed E-state index contributed by atoms with van der Waals surface area (Å²) in [6, 6.07) is -0.633. The van der Waals surface area contributed by atoms with Gasteiger partial charge in [-0.3, -0.25) is 4.79 Å². The summed E-state index contributed by atoms with van der Waals surface area (Å²) in [6.45, 7) is 4.09. The Kier molecular flexibility index (Phi) is 40.6. The Morgan fingerprint density at radius 2 is 0.830 bits per heavy atom. The third-order valence-corrected chi connectivity index (χ3v) is 8.70. The van der Waals surface area contributed by atoms with E-state index in [1.807, 2.05) is 6.08 Å². The number of amides is 1. The van der Waals surface area contributed by atoms with Crippen molar-refractivity contribution in [3.8, 4) is 0 Å². The molecule has 0 bridgehead atoms. The fourth-order valence-corrected chi connectivity index (χ4v) is 5.46. The van der Waals surface area contributed by atoms with Gasteiger partial charge in [0.15, 0.2) is 0 Å². The minimum Gasteiger partial charge on any atom is -0.394 e. The summed E-state index contributed by atoms with van der Waals surface area (Å²) in [7, 11) is 0. The molecule has 1 amide bonds. The van der Waals surface area contributed by atoms with Gasteiger partial charge in [-0.05, 0) is 89.9 Å². The first-order valence-electron chi connectivity index (χ1n) is 21.2. The lowest BCUT2D eigenvalue weighted by atomic mass is 10.1. The van der Waals surface area contributed by atoms with Crippen LogP contribution < -0.4 is 5.32 Å². The third kappa shape index (κ3) is 39.8. The van der Waals surface area contributed by atoms with Gasteiger partial charge in [-0.25, -0.2) is 0 Å². The van der Waals surface area contributed by atoms with Gasteiger partial charge in [-0.15, -0.1) is 0 Å². The van der Waals surface area contributed by atoms with E-state index in [0.29, 0.717) is 6.42 Å². The van der Waals surface area contributed by atoms with Gasteiger partial charge in [0.05, 0.1) is 18.8 Å². The highest BCUT2D eigenvalue weighted by Gasteiger charge is 2.17. The Morgan fingerprint density at radius 3 is 1.25 bits per heavy atom. The van der Waals surface area contributed by atoms with Crippen LogP contribution in [0.15, 0.2) is 122 Å². The Labute approximate surface area is 327 Å². The highest BCUT2D eigenvalue weighted by Crippen LogP contribution is 2.11. The van der Waals surface area contributed by atoms with Crippen LogP contribution in [-0.4, -0.2) is 34.9 Å². The van der Waals surface area contributed by atoms with Crippen molar-refractivity contribution in [1.82, 2.24) is 5.32 Å². The molecule has 0 aromatic rings. The van der Waals surface area contributed by atoms with Crippen molar-refractivity contribution in [1.29, 1.82) is 0 Å². The Hall–Kier alpha value is -3.21. The minimum atomic E-state index is -0.848. The smallest absolute Gasteiger partial charge is 0.220 e. The number of unbranched alkanes of at least 4 members (excludes halogenated alkanes) is 11. The van der Waals surface area contributed by atoms with Crippen molar-refractivity contribution >= 4 is 5.91 Å². The van der Waals surface area contributed by atoms with Gasteiger partial charge in [0.25, 0.3) is 0 Å². The normalized spacial score (nSPS) is 14.3. The van der Waals surface area contributed by atoms with E-state index in [4.69, 9.17) is 0 Å². The Morgan fingerprint density at radius 1 is 0.472 bits per heavy atom. The van der Waals surface area contributed by atoms with Crippen LogP contribution in [0.25, 0.3) is 0 Å². The number of hydrogen-bond acceptors (Lipinski definition) is 3. The monoisotopic (exact) mass is 730 g/mol. The molecule has 4 heteroatoms. The van der Waals surface area contributed by atoms with Crippen molar-refractivity contribution in [2.45, 2.75) is 174 Å². The quantitative estimate of drug-likeness (QED) is 0.0444. The summed E-state index contributed by atoms with van der Waals surface area (Å²) in [5.41, 5.74) is 0. The molecule has 0 aliphatic heterocycles. The van der Waals surface area contributed by atoms with Crippen molar-refractivity contribution in [2.75, 3.05) is 6.61 Å². The maximum absolute atomic E-state index is 12.3. The molecule has 0 aromatic heterocycles. The molecule has 0 aromatic carbocycles. The molecule has 0 saturated heterocycles. The summed E-state index contributed by atoms with van der Waals surface area (Å²) in [6.07, 6.45) is 67.5. The second-order valence-electron chi connectivity index (χ2n) is 13.7. The van der Waals surface area contributed by atoms with Crippen LogP contribution in [0.3, 0.4) is 0 Å². The van der Waals surface area contributed by atoms with E-state index in [0.717, 1.165) is 96.3 Å². The van der Waals surface area contributed by atoms with Crippen LogP contribution in [0.4, 0.5) is 0 Å². The predicted molar refractivity (Wildman–Crippen MR) is 234 cm³/mol. The molecular formula is C49H79NO3. The summed E-state index contributed by atoms with van der Waals surface area (Å²) in [4.78, 5) is 12.3. The molecular weight excluding hydrogens is 651 g/mol. The molecule has 0 rings (SSSR count). The number of rotatable bonds is 36. The molecule has 0 radical (unpaired) electrons. The number of carbonyl (C=O) groups excluding carboxylic acids is 1. The lowest BCUT2D eigenvalue weighted by molar-refractivity contribution is -0.123. The second kappa shape index (κ2) is 43.2. The predicted octanol–water partition coefficient (Wildman–Crippen LogP) is 13.4. The van der Waals surface area contributed by atoms with Crippen LogP contribution >= 0.6 is 0 Å². The van der Waals surface area contributed by atoms with Crippen LogP contribution in [0.5, 0.6) is 0 Å². The van der Waals surface area contributed by atoms with Crippen molar-refractivity contribution in [3.63, 3.8) is 0 Å². The first-order valence-corrected chi connectivity index (χ1v) is 21.2. The number of allylic oxidation sites excluding steroid dienone is 19. The highest BCUT2D eigenvalue weighted by molar-refractivity contribution is 5.76. The molecule has 4 nitrogen and oxygen atoms in total. The Balaban J connectivity index is 3.65. The van der Waals surface area contributed by atoms with E-state index in [1.54, 1.807) is 6.08 Å². The first-order chi connectivity index (χ1) is 26.2. The first kappa shape index (κ1) is 49.8. The van der Waals surface area contributed by atoms with E-state index in [9.17, 15) is 15.0 Å². The maximum atomic E-state index is 12.3. The molecule has 0 heterocycles. The number of hydrogen-bond donors (Lipinski definition) is 3. The fraction of sp³-hybridized carbons (Fsp3) is 0.571. The molecule has 0 aliphatic rings. The van der Waals surface area contributed by atoms with Crippen LogP contribution in [0.1, 0.15) is 162 Å². The van der Waals surface area contributed by atoms with Crippen molar-refractivity contribution < 1.29 is 15.0 Å². The van der Waals surface area contributed by atoms with Gasteiger partial charge < -0.3 is 15.5 Å². The maximum Gasteiger partial charge on any atom is 0.220 e. The Bertz CT molecular complexity index is 1100. The number of aliphatic hydroxyl groups excluding tert-OH is 2. The molecule has 298 valence electrons. The zero-order valence-corrected chi connectivity index (χ0v) is 34.0. The van der Waals surface area contributed by atoms with Crippen LogP contribution in [0.2, 0.25) is 0 Å². The van der Waals surface area contributed by atoms with Gasteiger partial charge in [0.1, 0.15) is 0 Å². The summed E-state index contributed by atoms with van der Waals surface area (Å²) in [5.74, 6) is -0.0885. The zero-order valence-electron chi connectivity index (χ0n) is 34.0. The van der Waals surface area contributed by atoms with E-state index in [1.165, 1.54) is 44.9 Å². The second-order valence-corrected chi connectivity index (χ2v) is 13.7. The number of carbonyl (C=O) groups is 1. The van der Waals surface area contributed by atoms with Crippen LogP contribution in [-0.2, 0) is 4.79 Å². The highest BCUT2D eigenvalue weighted by atomic mass is 16.3. The molecule has 2 unspecified atom stereocenters. The third-order valence-electron chi connectivity index (χ3n) is 8.70. The van der Waals surface area contributed by atoms with Gasteiger partial charge >= 0.3 is 0 Å². The van der Waals surface area contributed by atoms with E-state index in [2.05, 4.69) is 129 Å². The summed E-state index contributed by atoms with van der Waals surface area (Å²) >= 11 is 0. The van der Waals surface area contributed by atoms with Crippen molar-refractivity contribution in [2.24, 2.45) is 0 Å². The number of aliphatic hydroxyl groups is 2. The lowest BCUT2D eigenvalue weighted by Crippen LogP contribution is -2.45. The molecule has 0 spiro atoms. The standard InChI is InChI=1S/C49H79NO3/c1-3-5-7-9-11-12-13-14-15-16-17-18-19-20-21-22-23-24-25-26-27-28-29-30-31-32-33-34-35-36-37-38-39-41-43-45-49(53)50-47(46-51)48(52)44-42-40-10-8-6-4-2/h5,7,11-12,14-15,17-18,20-21,23-24,26-27,29-30,32-33,42,44,47-48,51-52H,3-4,6,8-10,13,16,19,22,25,28,31,34-41,43,45-46H2,1-2H3,(H,50,53)/b7-5-,12-11-,15-14-,18-17-,21-20-,24-23-,27-26-,30-29-,33-32-,44-42+. The molecule has 0 aliphatic carbocycles. The fourth-order valence-electron chi connectivity index (χ4n) is 5.46. The van der Waals surface area contributed by atoms with Gasteiger partial charge in [-0.2, -0.15) is 0 Å². The molecule has 3 N–H and O–H groups in total. The molecule has 0 fully saturated rings. The van der Waals surface area contributed by atoms with E-state index in [-0.39, 0.29) is 12.5 Å². The van der Waals surface area contributed by atoms with Crippen molar-refractivity contribution in [3.05, 3.63) is 122 Å².